The van der Waals surface area contributed by atoms with Gasteiger partial charge in [0.25, 0.3) is 11.8 Å². The molecule has 1 heterocycles. The van der Waals surface area contributed by atoms with Gasteiger partial charge in [-0.3, -0.25) is 9.59 Å². The van der Waals surface area contributed by atoms with Crippen LogP contribution < -0.4 is 15.6 Å². The van der Waals surface area contributed by atoms with E-state index in [1.807, 2.05) is 37.3 Å². The van der Waals surface area contributed by atoms with Crippen LogP contribution in [0, 0.1) is 0 Å². The first-order valence-corrected chi connectivity index (χ1v) is 8.33. The van der Waals surface area contributed by atoms with E-state index in [1.165, 1.54) is 10.8 Å². The second-order valence-corrected chi connectivity index (χ2v) is 5.62. The molecular formula is C20H19N3O3. The van der Waals surface area contributed by atoms with E-state index in [0.29, 0.717) is 24.4 Å². The van der Waals surface area contributed by atoms with E-state index in [2.05, 4.69) is 10.3 Å². The van der Waals surface area contributed by atoms with E-state index in [4.69, 9.17) is 4.74 Å². The fourth-order valence-electron chi connectivity index (χ4n) is 2.44. The normalized spacial score (nSPS) is 10.3. The van der Waals surface area contributed by atoms with Gasteiger partial charge in [0.05, 0.1) is 0 Å². The van der Waals surface area contributed by atoms with Gasteiger partial charge in [-0.1, -0.05) is 36.4 Å². The Bertz CT molecular complexity index is 952. The first-order chi connectivity index (χ1) is 12.7. The summed E-state index contributed by atoms with van der Waals surface area (Å²) in [5.74, 6) is 0.151. The molecular weight excluding hydrogens is 330 g/mol. The molecule has 0 aliphatic heterocycles. The van der Waals surface area contributed by atoms with Crippen LogP contribution in [-0.4, -0.2) is 15.5 Å². The lowest BCUT2D eigenvalue weighted by Gasteiger charge is -2.09. The maximum Gasteiger partial charge on any atom is 0.313 e. The van der Waals surface area contributed by atoms with Crippen molar-refractivity contribution in [2.45, 2.75) is 20.0 Å². The molecule has 0 bridgehead atoms. The quantitative estimate of drug-likeness (QED) is 0.742. The molecule has 132 valence electrons. The summed E-state index contributed by atoms with van der Waals surface area (Å²) in [4.78, 5) is 28.5. The highest BCUT2D eigenvalue weighted by molar-refractivity contribution is 5.94. The second kappa shape index (κ2) is 8.11. The molecule has 3 aromatic rings. The van der Waals surface area contributed by atoms with Crippen LogP contribution in [0.25, 0.3) is 0 Å². The number of amides is 1. The molecule has 0 spiro atoms. The van der Waals surface area contributed by atoms with Crippen LogP contribution >= 0.6 is 0 Å². The molecule has 0 atom stereocenters. The molecule has 0 radical (unpaired) electrons. The van der Waals surface area contributed by atoms with Crippen molar-refractivity contribution in [3.63, 3.8) is 0 Å². The van der Waals surface area contributed by atoms with Gasteiger partial charge < -0.3 is 14.6 Å². The van der Waals surface area contributed by atoms with Crippen molar-refractivity contribution >= 4 is 5.91 Å². The Morgan fingerprint density at radius 3 is 2.73 bits per heavy atom. The van der Waals surface area contributed by atoms with Gasteiger partial charge in [0.15, 0.2) is 0 Å². The number of carbonyl (C=O) groups is 1. The van der Waals surface area contributed by atoms with Crippen molar-refractivity contribution in [2.75, 3.05) is 0 Å². The van der Waals surface area contributed by atoms with Gasteiger partial charge in [-0.2, -0.15) is 0 Å². The van der Waals surface area contributed by atoms with Crippen LogP contribution in [0.2, 0.25) is 0 Å². The molecule has 26 heavy (non-hydrogen) atoms. The minimum absolute atomic E-state index is 0.0174. The molecule has 0 aliphatic carbocycles. The standard InChI is InChI=1S/C20H19N3O3/c1-2-23-12-11-21-19(20(23)25)26-17-10-6-9-16(13-17)18(24)22-14-15-7-4-3-5-8-15/h3-13H,2,14H2,1H3,(H,22,24). The van der Waals surface area contributed by atoms with Gasteiger partial charge in [0.1, 0.15) is 5.75 Å². The number of hydrogen-bond donors (Lipinski definition) is 1. The Hall–Kier alpha value is -3.41. The Labute approximate surface area is 151 Å². The molecule has 0 fully saturated rings. The second-order valence-electron chi connectivity index (χ2n) is 5.62. The number of hydrogen-bond acceptors (Lipinski definition) is 4. The van der Waals surface area contributed by atoms with Gasteiger partial charge in [-0.15, -0.1) is 0 Å². The van der Waals surface area contributed by atoms with E-state index < -0.39 is 0 Å². The van der Waals surface area contributed by atoms with Crippen molar-refractivity contribution < 1.29 is 9.53 Å². The van der Waals surface area contributed by atoms with Crippen molar-refractivity contribution in [1.82, 2.24) is 14.9 Å². The number of carbonyl (C=O) groups excluding carboxylic acids is 1. The predicted molar refractivity (Wildman–Crippen MR) is 98.3 cm³/mol. The van der Waals surface area contributed by atoms with Crippen LogP contribution in [0.5, 0.6) is 11.6 Å². The lowest BCUT2D eigenvalue weighted by atomic mass is 10.2. The Kier molecular flexibility index (Phi) is 5.43. The maximum atomic E-state index is 12.3. The summed E-state index contributed by atoms with van der Waals surface area (Å²) < 4.78 is 7.08. The number of rotatable bonds is 6. The number of nitrogens with zero attached hydrogens (tertiary/aromatic N) is 2. The van der Waals surface area contributed by atoms with Gasteiger partial charge in [-0.05, 0) is 30.7 Å². The third kappa shape index (κ3) is 4.16. The molecule has 3 rings (SSSR count). The summed E-state index contributed by atoms with van der Waals surface area (Å²) in [6.45, 7) is 2.83. The summed E-state index contributed by atoms with van der Waals surface area (Å²) >= 11 is 0. The predicted octanol–water partition coefficient (Wildman–Crippen LogP) is 2.99. The minimum Gasteiger partial charge on any atom is -0.435 e. The lowest BCUT2D eigenvalue weighted by Crippen LogP contribution is -2.23. The van der Waals surface area contributed by atoms with Crippen molar-refractivity contribution in [3.05, 3.63) is 88.5 Å². The van der Waals surface area contributed by atoms with Gasteiger partial charge in [-0.25, -0.2) is 4.98 Å². The number of ether oxygens (including phenoxy) is 1. The van der Waals surface area contributed by atoms with Crippen molar-refractivity contribution in [3.8, 4) is 11.6 Å². The average molecular weight is 349 g/mol. The smallest absolute Gasteiger partial charge is 0.313 e. The number of benzene rings is 2. The molecule has 0 aliphatic rings. The maximum absolute atomic E-state index is 12.3. The molecule has 0 unspecified atom stereocenters. The van der Waals surface area contributed by atoms with Gasteiger partial charge in [0.2, 0.25) is 0 Å². The molecule has 0 saturated carbocycles. The van der Waals surface area contributed by atoms with Crippen LogP contribution in [0.1, 0.15) is 22.8 Å². The van der Waals surface area contributed by atoms with Crippen LogP contribution in [0.15, 0.2) is 71.8 Å². The fraction of sp³-hybridized carbons (Fsp3) is 0.150. The Morgan fingerprint density at radius 2 is 1.96 bits per heavy atom. The zero-order chi connectivity index (χ0) is 18.4. The number of aryl methyl sites for hydroxylation is 1. The number of aromatic nitrogens is 2. The van der Waals surface area contributed by atoms with Crippen molar-refractivity contribution in [2.24, 2.45) is 0 Å². The summed E-state index contributed by atoms with van der Waals surface area (Å²) in [6, 6.07) is 16.3. The zero-order valence-electron chi connectivity index (χ0n) is 14.4. The first-order valence-electron chi connectivity index (χ1n) is 8.33. The Balaban J connectivity index is 1.72. The van der Waals surface area contributed by atoms with Crippen LogP contribution in [0.3, 0.4) is 0 Å². The number of nitrogens with one attached hydrogen (secondary N) is 1. The van der Waals surface area contributed by atoms with Crippen LogP contribution in [-0.2, 0) is 13.1 Å². The molecule has 2 aromatic carbocycles. The van der Waals surface area contributed by atoms with Crippen molar-refractivity contribution in [1.29, 1.82) is 0 Å². The monoisotopic (exact) mass is 349 g/mol. The van der Waals surface area contributed by atoms with Gasteiger partial charge in [0, 0.05) is 31.0 Å². The highest BCUT2D eigenvalue weighted by Gasteiger charge is 2.10. The molecule has 6 heteroatoms. The fourth-order valence-corrected chi connectivity index (χ4v) is 2.44. The summed E-state index contributed by atoms with van der Waals surface area (Å²) in [6.07, 6.45) is 3.11. The topological polar surface area (TPSA) is 73.2 Å². The highest BCUT2D eigenvalue weighted by atomic mass is 16.5. The SMILES string of the molecule is CCn1ccnc(Oc2cccc(C(=O)NCc3ccccc3)c2)c1=O. The molecule has 0 saturated heterocycles. The van der Waals surface area contributed by atoms with Crippen LogP contribution in [0.4, 0.5) is 0 Å². The Morgan fingerprint density at radius 1 is 1.15 bits per heavy atom. The zero-order valence-corrected chi connectivity index (χ0v) is 14.4. The molecule has 6 nitrogen and oxygen atoms in total. The van der Waals surface area contributed by atoms with Gasteiger partial charge >= 0.3 is 5.56 Å². The average Bonchev–Trinajstić information content (AvgIpc) is 2.69. The van der Waals surface area contributed by atoms with E-state index >= 15 is 0 Å². The summed E-state index contributed by atoms with van der Waals surface area (Å²) in [5, 5.41) is 2.86. The van der Waals surface area contributed by atoms with E-state index in [0.717, 1.165) is 5.56 Å². The lowest BCUT2D eigenvalue weighted by molar-refractivity contribution is 0.0950. The minimum atomic E-state index is -0.311. The third-order valence-electron chi connectivity index (χ3n) is 3.83. The molecule has 1 aromatic heterocycles. The van der Waals surface area contributed by atoms with E-state index in [1.54, 1.807) is 30.5 Å². The summed E-state index contributed by atoms with van der Waals surface area (Å²) in [5.41, 5.74) is 1.15. The van der Waals surface area contributed by atoms with E-state index in [-0.39, 0.29) is 17.3 Å². The molecule has 1 N–H and O–H groups in total. The van der Waals surface area contributed by atoms with E-state index in [9.17, 15) is 9.59 Å². The molecule has 1 amide bonds. The first kappa shape index (κ1) is 17.4. The largest absolute Gasteiger partial charge is 0.435 e. The highest BCUT2D eigenvalue weighted by Crippen LogP contribution is 2.18. The third-order valence-corrected chi connectivity index (χ3v) is 3.83. The summed E-state index contributed by atoms with van der Waals surface area (Å²) in [7, 11) is 0.